The molecule has 2 heterocycles. The van der Waals surface area contributed by atoms with E-state index in [1.165, 1.54) is 12.5 Å². The van der Waals surface area contributed by atoms with Gasteiger partial charge in [0.25, 0.3) is 5.56 Å². The van der Waals surface area contributed by atoms with Crippen LogP contribution in [0.1, 0.15) is 37.7 Å². The number of fused-ring (bicyclic) bond motifs is 1. The summed E-state index contributed by atoms with van der Waals surface area (Å²) >= 11 is 6.25. The summed E-state index contributed by atoms with van der Waals surface area (Å²) in [5.41, 5.74) is 3.77. The number of nitrogens with one attached hydrogen (secondary N) is 1. The number of hydrogen-bond donors (Lipinski definition) is 1. The number of rotatable bonds is 7. The Labute approximate surface area is 221 Å². The molecule has 3 aromatic carbocycles. The van der Waals surface area contributed by atoms with Crippen molar-refractivity contribution in [2.75, 3.05) is 25.0 Å². The molecule has 5 rings (SSSR count). The molecule has 1 amide bonds. The first-order valence-corrected chi connectivity index (χ1v) is 13.2. The van der Waals surface area contributed by atoms with Crippen molar-refractivity contribution in [3.8, 4) is 11.3 Å². The molecule has 0 unspecified atom stereocenters. The Bertz CT molecular complexity index is 1470. The van der Waals surface area contributed by atoms with Gasteiger partial charge in [0.2, 0.25) is 5.91 Å². The van der Waals surface area contributed by atoms with Crippen LogP contribution >= 0.6 is 11.6 Å². The van der Waals surface area contributed by atoms with E-state index >= 15 is 0 Å². The van der Waals surface area contributed by atoms with Gasteiger partial charge in [0.1, 0.15) is 0 Å². The van der Waals surface area contributed by atoms with Gasteiger partial charge in [0.15, 0.2) is 0 Å². The van der Waals surface area contributed by atoms with Crippen LogP contribution in [-0.2, 0) is 11.3 Å². The van der Waals surface area contributed by atoms with Crippen molar-refractivity contribution in [3.63, 3.8) is 0 Å². The molecule has 0 spiro atoms. The van der Waals surface area contributed by atoms with Crippen LogP contribution in [0.2, 0.25) is 5.02 Å². The molecule has 1 aromatic heterocycles. The van der Waals surface area contributed by atoms with Gasteiger partial charge >= 0.3 is 0 Å². The van der Waals surface area contributed by atoms with Crippen molar-refractivity contribution in [2.45, 2.75) is 38.6 Å². The summed E-state index contributed by atoms with van der Waals surface area (Å²) in [6.45, 7) is 5.05. The average molecular weight is 515 g/mol. The third-order valence-corrected chi connectivity index (χ3v) is 7.31. The number of aryl methyl sites for hydroxylation is 1. The van der Waals surface area contributed by atoms with Crippen LogP contribution < -0.4 is 10.9 Å². The Morgan fingerprint density at radius 1 is 0.973 bits per heavy atom. The Hall–Kier alpha value is -3.48. The van der Waals surface area contributed by atoms with Gasteiger partial charge in [0.05, 0.1) is 11.1 Å². The number of likely N-dealkylation sites (tertiary alicyclic amines) is 1. The average Bonchev–Trinajstić information content (AvgIpc) is 2.90. The molecule has 0 atom stereocenters. The van der Waals surface area contributed by atoms with Gasteiger partial charge < -0.3 is 10.2 Å². The predicted octanol–water partition coefficient (Wildman–Crippen LogP) is 5.95. The highest BCUT2D eigenvalue weighted by Gasteiger charge is 2.21. The number of benzene rings is 3. The minimum atomic E-state index is -0.0564. The molecule has 37 heavy (non-hydrogen) atoms. The zero-order valence-electron chi connectivity index (χ0n) is 21.0. The van der Waals surface area contributed by atoms with Crippen LogP contribution in [0.3, 0.4) is 0 Å². The second-order valence-electron chi connectivity index (χ2n) is 9.71. The SMILES string of the molecule is CC(=O)Nc1cccc(C2CCN(CCCn3nc(-c4cccc(Cl)c4)c4ccccc4c3=O)CC2)c1. The first kappa shape index (κ1) is 25.2. The lowest BCUT2D eigenvalue weighted by atomic mass is 9.89. The minimum absolute atomic E-state index is 0.0494. The van der Waals surface area contributed by atoms with Crippen LogP contribution in [-0.4, -0.2) is 40.2 Å². The minimum Gasteiger partial charge on any atom is -0.326 e. The summed E-state index contributed by atoms with van der Waals surface area (Å²) in [6, 6.07) is 23.4. The second-order valence-corrected chi connectivity index (χ2v) is 10.1. The number of anilines is 1. The molecule has 1 aliphatic heterocycles. The van der Waals surface area contributed by atoms with E-state index < -0.39 is 0 Å². The predicted molar refractivity (Wildman–Crippen MR) is 150 cm³/mol. The van der Waals surface area contributed by atoms with Gasteiger partial charge in [-0.15, -0.1) is 0 Å². The Kier molecular flexibility index (Phi) is 7.68. The van der Waals surface area contributed by atoms with Crippen molar-refractivity contribution in [3.05, 3.63) is 93.7 Å². The third-order valence-electron chi connectivity index (χ3n) is 7.08. The highest BCUT2D eigenvalue weighted by molar-refractivity contribution is 6.30. The lowest BCUT2D eigenvalue weighted by Gasteiger charge is -2.32. The van der Waals surface area contributed by atoms with Crippen LogP contribution in [0.5, 0.6) is 0 Å². The summed E-state index contributed by atoms with van der Waals surface area (Å²) in [4.78, 5) is 27.0. The van der Waals surface area contributed by atoms with E-state index in [-0.39, 0.29) is 11.5 Å². The number of carbonyl (C=O) groups excluding carboxylic acids is 1. The normalized spacial score (nSPS) is 14.6. The summed E-state index contributed by atoms with van der Waals surface area (Å²) in [5, 5.41) is 9.82. The molecule has 1 aliphatic rings. The topological polar surface area (TPSA) is 67.2 Å². The quantitative estimate of drug-likeness (QED) is 0.331. The molecule has 4 aromatic rings. The largest absolute Gasteiger partial charge is 0.326 e. The van der Waals surface area contributed by atoms with Crippen molar-refractivity contribution in [1.29, 1.82) is 0 Å². The Balaban J connectivity index is 1.24. The number of aromatic nitrogens is 2. The zero-order chi connectivity index (χ0) is 25.8. The van der Waals surface area contributed by atoms with Crippen LogP contribution in [0, 0.1) is 0 Å². The fraction of sp³-hybridized carbons (Fsp3) is 0.300. The smallest absolute Gasteiger partial charge is 0.274 e. The number of piperidine rings is 1. The number of halogens is 1. The molecule has 1 N–H and O–H groups in total. The van der Waals surface area contributed by atoms with Gasteiger partial charge in [-0.3, -0.25) is 9.59 Å². The van der Waals surface area contributed by atoms with Gasteiger partial charge in [-0.2, -0.15) is 5.10 Å². The van der Waals surface area contributed by atoms with Crippen LogP contribution in [0.25, 0.3) is 22.0 Å². The number of hydrogen-bond acceptors (Lipinski definition) is 4. The molecular formula is C30H31ClN4O2. The number of carbonyl (C=O) groups is 1. The summed E-state index contributed by atoms with van der Waals surface area (Å²) in [5.74, 6) is 0.446. The van der Waals surface area contributed by atoms with Gasteiger partial charge in [-0.1, -0.05) is 54.1 Å². The molecule has 0 aliphatic carbocycles. The van der Waals surface area contributed by atoms with Crippen molar-refractivity contribution in [2.24, 2.45) is 0 Å². The molecule has 1 saturated heterocycles. The van der Waals surface area contributed by atoms with Crippen LogP contribution in [0.15, 0.2) is 77.6 Å². The van der Waals surface area contributed by atoms with Crippen molar-refractivity contribution < 1.29 is 4.79 Å². The molecule has 190 valence electrons. The van der Waals surface area contributed by atoms with E-state index in [0.29, 0.717) is 22.9 Å². The first-order valence-electron chi connectivity index (χ1n) is 12.8. The van der Waals surface area contributed by atoms with Crippen molar-refractivity contribution in [1.82, 2.24) is 14.7 Å². The molecule has 0 saturated carbocycles. The highest BCUT2D eigenvalue weighted by Crippen LogP contribution is 2.30. The fourth-order valence-corrected chi connectivity index (χ4v) is 5.43. The lowest BCUT2D eigenvalue weighted by molar-refractivity contribution is -0.114. The fourth-order valence-electron chi connectivity index (χ4n) is 5.24. The molecule has 6 nitrogen and oxygen atoms in total. The van der Waals surface area contributed by atoms with E-state index in [2.05, 4.69) is 22.3 Å². The van der Waals surface area contributed by atoms with Gasteiger partial charge in [0, 0.05) is 35.1 Å². The zero-order valence-corrected chi connectivity index (χ0v) is 21.7. The maximum Gasteiger partial charge on any atom is 0.274 e. The molecule has 0 radical (unpaired) electrons. The maximum atomic E-state index is 13.2. The number of amides is 1. The second kappa shape index (κ2) is 11.3. The first-order chi connectivity index (χ1) is 18.0. The van der Waals surface area contributed by atoms with Gasteiger partial charge in [-0.25, -0.2) is 4.68 Å². The Morgan fingerprint density at radius 2 is 1.73 bits per heavy atom. The van der Waals surface area contributed by atoms with Gasteiger partial charge in [-0.05, 0) is 80.7 Å². The van der Waals surface area contributed by atoms with Crippen LogP contribution in [0.4, 0.5) is 5.69 Å². The van der Waals surface area contributed by atoms with E-state index in [4.69, 9.17) is 16.7 Å². The maximum absolute atomic E-state index is 13.2. The molecular weight excluding hydrogens is 484 g/mol. The molecule has 0 bridgehead atoms. The summed E-state index contributed by atoms with van der Waals surface area (Å²) in [7, 11) is 0. The van der Waals surface area contributed by atoms with Crippen molar-refractivity contribution >= 4 is 34.0 Å². The van der Waals surface area contributed by atoms with E-state index in [0.717, 1.165) is 61.2 Å². The van der Waals surface area contributed by atoms with E-state index in [1.54, 1.807) is 4.68 Å². The Morgan fingerprint density at radius 3 is 2.49 bits per heavy atom. The van der Waals surface area contributed by atoms with E-state index in [9.17, 15) is 9.59 Å². The number of nitrogens with zero attached hydrogens (tertiary/aromatic N) is 3. The molecule has 7 heteroatoms. The highest BCUT2D eigenvalue weighted by atomic mass is 35.5. The third kappa shape index (κ3) is 5.92. The molecule has 1 fully saturated rings. The summed E-state index contributed by atoms with van der Waals surface area (Å²) in [6.07, 6.45) is 3.01. The summed E-state index contributed by atoms with van der Waals surface area (Å²) < 4.78 is 1.61. The van der Waals surface area contributed by atoms with E-state index in [1.807, 2.05) is 60.7 Å². The standard InChI is InChI=1S/C30H31ClN4O2/c1-21(36)32-26-10-5-7-23(20-26)22-13-17-34(18-14-22)15-6-16-35-30(37)28-12-3-2-11-27(28)29(33-35)24-8-4-9-25(31)19-24/h2-5,7-12,19-20,22H,6,13-18H2,1H3,(H,32,36). The lowest BCUT2D eigenvalue weighted by Crippen LogP contribution is -2.34. The monoisotopic (exact) mass is 514 g/mol.